The third kappa shape index (κ3) is 2.42. The maximum absolute atomic E-state index is 3.73. The first kappa shape index (κ1) is 16.2. The Kier molecular flexibility index (Phi) is 3.45. The lowest BCUT2D eigenvalue weighted by Gasteiger charge is -2.50. The second kappa shape index (κ2) is 5.11. The van der Waals surface area contributed by atoms with Crippen LogP contribution in [0.25, 0.3) is 0 Å². The van der Waals surface area contributed by atoms with Crippen LogP contribution >= 0.6 is 11.3 Å². The number of benzene rings is 1. The van der Waals surface area contributed by atoms with Crippen LogP contribution in [0.4, 0.5) is 11.4 Å². The molecule has 3 aliphatic carbocycles. The van der Waals surface area contributed by atoms with E-state index in [9.17, 15) is 0 Å². The van der Waals surface area contributed by atoms with Crippen molar-refractivity contribution in [3.8, 4) is 0 Å². The fourth-order valence-electron chi connectivity index (χ4n) is 4.53. The minimum absolute atomic E-state index is 0.210. The van der Waals surface area contributed by atoms with E-state index in [0.717, 1.165) is 0 Å². The van der Waals surface area contributed by atoms with Crippen LogP contribution in [-0.4, -0.2) is 0 Å². The van der Waals surface area contributed by atoms with Crippen LogP contribution in [0.1, 0.15) is 76.3 Å². The fraction of sp³-hybridized carbons (Fsp3) is 0.545. The number of hydrogen-bond donors (Lipinski definition) is 1. The Morgan fingerprint density at radius 2 is 1.50 bits per heavy atom. The molecule has 0 atom stereocenters. The average molecular weight is 340 g/mol. The van der Waals surface area contributed by atoms with Crippen LogP contribution in [0.5, 0.6) is 0 Å². The molecular formula is C22H29NS. The van der Waals surface area contributed by atoms with E-state index in [-0.39, 0.29) is 5.41 Å². The number of anilines is 2. The van der Waals surface area contributed by atoms with Gasteiger partial charge in [-0.3, -0.25) is 0 Å². The number of thiophene rings is 1. The molecule has 1 saturated carbocycles. The molecule has 0 radical (unpaired) electrons. The van der Waals surface area contributed by atoms with Crippen molar-refractivity contribution >= 4 is 22.7 Å². The molecule has 2 aromatic rings. The van der Waals surface area contributed by atoms with Crippen molar-refractivity contribution in [1.82, 2.24) is 0 Å². The summed E-state index contributed by atoms with van der Waals surface area (Å²) in [4.78, 5) is 1.65. The minimum atomic E-state index is 0.210. The molecule has 0 saturated heterocycles. The standard InChI is InChI=1S/C22H29NS/c1-20(2,3)15-6-8-16(9-7-15)23-17-14-24-19-18(17)21(4)10-12-22(19,5)13-11-21/h6-9,14,23H,10-13H2,1-5H3. The summed E-state index contributed by atoms with van der Waals surface area (Å²) in [7, 11) is 0. The highest BCUT2D eigenvalue weighted by Crippen LogP contribution is 2.60. The zero-order chi connectivity index (χ0) is 17.2. The van der Waals surface area contributed by atoms with Gasteiger partial charge in [0, 0.05) is 21.4 Å². The Hall–Kier alpha value is -1.28. The molecule has 1 aromatic carbocycles. The predicted molar refractivity (Wildman–Crippen MR) is 106 cm³/mol. The van der Waals surface area contributed by atoms with Gasteiger partial charge in [-0.1, -0.05) is 46.8 Å². The summed E-state index contributed by atoms with van der Waals surface area (Å²) in [6, 6.07) is 8.98. The molecule has 1 N–H and O–H groups in total. The summed E-state index contributed by atoms with van der Waals surface area (Å²) in [5.74, 6) is 0. The molecular weight excluding hydrogens is 310 g/mol. The summed E-state index contributed by atoms with van der Waals surface area (Å²) in [5, 5.41) is 6.09. The highest BCUT2D eigenvalue weighted by Gasteiger charge is 2.49. The molecule has 5 rings (SSSR count). The van der Waals surface area contributed by atoms with Gasteiger partial charge in [-0.05, 0) is 59.8 Å². The molecule has 0 unspecified atom stereocenters. The van der Waals surface area contributed by atoms with Gasteiger partial charge in [0.2, 0.25) is 0 Å². The van der Waals surface area contributed by atoms with Gasteiger partial charge < -0.3 is 5.32 Å². The van der Waals surface area contributed by atoms with Gasteiger partial charge in [-0.15, -0.1) is 11.3 Å². The Bertz CT molecular complexity index is 752. The highest BCUT2D eigenvalue weighted by atomic mass is 32.1. The fourth-order valence-corrected chi connectivity index (χ4v) is 5.91. The Morgan fingerprint density at radius 1 is 0.917 bits per heavy atom. The molecule has 1 aromatic heterocycles. The Balaban J connectivity index is 1.67. The second-order valence-corrected chi connectivity index (χ2v) is 10.3. The van der Waals surface area contributed by atoms with Gasteiger partial charge in [0.1, 0.15) is 0 Å². The highest BCUT2D eigenvalue weighted by molar-refractivity contribution is 7.10. The first-order valence-electron chi connectivity index (χ1n) is 9.21. The molecule has 0 aliphatic heterocycles. The molecule has 24 heavy (non-hydrogen) atoms. The molecule has 128 valence electrons. The molecule has 3 aliphatic rings. The van der Waals surface area contributed by atoms with Crippen molar-refractivity contribution in [2.45, 2.75) is 76.5 Å². The van der Waals surface area contributed by atoms with Crippen molar-refractivity contribution in [2.24, 2.45) is 0 Å². The first-order chi connectivity index (χ1) is 11.2. The predicted octanol–water partition coefficient (Wildman–Crippen LogP) is 6.89. The first-order valence-corrected chi connectivity index (χ1v) is 10.1. The van der Waals surface area contributed by atoms with Crippen molar-refractivity contribution < 1.29 is 0 Å². The van der Waals surface area contributed by atoms with Crippen LogP contribution in [0.2, 0.25) is 0 Å². The van der Waals surface area contributed by atoms with E-state index in [1.165, 1.54) is 42.6 Å². The van der Waals surface area contributed by atoms with Crippen LogP contribution in [0.15, 0.2) is 29.6 Å². The Morgan fingerprint density at radius 3 is 2.08 bits per heavy atom. The van der Waals surface area contributed by atoms with Gasteiger partial charge in [-0.2, -0.15) is 0 Å². The van der Waals surface area contributed by atoms with E-state index in [0.29, 0.717) is 10.8 Å². The number of hydrogen-bond acceptors (Lipinski definition) is 2. The molecule has 1 nitrogen and oxygen atoms in total. The van der Waals surface area contributed by atoms with Crippen LogP contribution in [0, 0.1) is 0 Å². The van der Waals surface area contributed by atoms with Crippen LogP contribution < -0.4 is 5.32 Å². The van der Waals surface area contributed by atoms with Crippen molar-refractivity contribution in [1.29, 1.82) is 0 Å². The maximum Gasteiger partial charge on any atom is 0.0534 e. The molecule has 2 bridgehead atoms. The lowest BCUT2D eigenvalue weighted by Crippen LogP contribution is -2.43. The lowest BCUT2D eigenvalue weighted by atomic mass is 9.55. The molecule has 0 spiro atoms. The topological polar surface area (TPSA) is 12.0 Å². The monoisotopic (exact) mass is 339 g/mol. The van der Waals surface area contributed by atoms with Gasteiger partial charge in [0.15, 0.2) is 0 Å². The van der Waals surface area contributed by atoms with Gasteiger partial charge >= 0.3 is 0 Å². The van der Waals surface area contributed by atoms with Gasteiger partial charge in [-0.25, -0.2) is 0 Å². The molecule has 2 heteroatoms. The van der Waals surface area contributed by atoms with Crippen LogP contribution in [0.3, 0.4) is 0 Å². The van der Waals surface area contributed by atoms with E-state index >= 15 is 0 Å². The van der Waals surface area contributed by atoms with E-state index in [2.05, 4.69) is 69.6 Å². The summed E-state index contributed by atoms with van der Waals surface area (Å²) in [5.41, 5.74) is 6.58. The van der Waals surface area contributed by atoms with Crippen LogP contribution in [-0.2, 0) is 16.2 Å². The quantitative estimate of drug-likeness (QED) is 0.628. The summed E-state index contributed by atoms with van der Waals surface area (Å²) in [6.45, 7) is 11.8. The molecule has 0 amide bonds. The normalized spacial score (nSPS) is 28.7. The lowest BCUT2D eigenvalue weighted by molar-refractivity contribution is 0.194. The van der Waals surface area contributed by atoms with E-state index < -0.39 is 0 Å². The number of rotatable bonds is 2. The average Bonchev–Trinajstić information content (AvgIpc) is 2.96. The summed E-state index contributed by atoms with van der Waals surface area (Å²) in [6.07, 6.45) is 5.39. The summed E-state index contributed by atoms with van der Waals surface area (Å²) < 4.78 is 0. The third-order valence-electron chi connectivity index (χ3n) is 6.43. The van der Waals surface area contributed by atoms with Crippen molar-refractivity contribution in [3.63, 3.8) is 0 Å². The molecule has 1 fully saturated rings. The SMILES string of the molecule is CC(C)(C)c1ccc(Nc2csc3c2C2(C)CCC3(C)CC2)cc1. The van der Waals surface area contributed by atoms with Gasteiger partial charge in [0.05, 0.1) is 5.69 Å². The second-order valence-electron chi connectivity index (χ2n) is 9.43. The van der Waals surface area contributed by atoms with Crippen molar-refractivity contribution in [2.75, 3.05) is 5.32 Å². The van der Waals surface area contributed by atoms with Crippen molar-refractivity contribution in [3.05, 3.63) is 45.6 Å². The maximum atomic E-state index is 3.73. The zero-order valence-corrected chi connectivity index (χ0v) is 16.4. The van der Waals surface area contributed by atoms with Gasteiger partial charge in [0.25, 0.3) is 0 Å². The zero-order valence-electron chi connectivity index (χ0n) is 15.6. The third-order valence-corrected chi connectivity index (χ3v) is 7.72. The molecule has 1 heterocycles. The smallest absolute Gasteiger partial charge is 0.0534 e. The van der Waals surface area contributed by atoms with E-state index in [4.69, 9.17) is 0 Å². The largest absolute Gasteiger partial charge is 0.355 e. The summed E-state index contributed by atoms with van der Waals surface area (Å²) >= 11 is 1.98. The van der Waals surface area contributed by atoms with E-state index in [1.54, 1.807) is 10.4 Å². The minimum Gasteiger partial charge on any atom is -0.355 e. The Labute approximate surface area is 150 Å². The number of nitrogens with one attached hydrogen (secondary N) is 1. The number of fused-ring (bicyclic) bond motifs is 2. The van der Waals surface area contributed by atoms with E-state index in [1.807, 2.05) is 11.3 Å².